The van der Waals surface area contributed by atoms with Crippen LogP contribution in [-0.2, 0) is 4.74 Å². The minimum Gasteiger partial charge on any atom is -0.493 e. The zero-order chi connectivity index (χ0) is 13.1. The number of hydrogen-bond donors (Lipinski definition) is 0. The van der Waals surface area contributed by atoms with Gasteiger partial charge >= 0.3 is 0 Å². The van der Waals surface area contributed by atoms with E-state index < -0.39 is 0 Å². The molecule has 0 spiro atoms. The Morgan fingerprint density at radius 1 is 1.28 bits per heavy atom. The van der Waals surface area contributed by atoms with E-state index in [0.717, 1.165) is 18.4 Å². The van der Waals surface area contributed by atoms with Gasteiger partial charge < -0.3 is 14.2 Å². The fraction of sp³-hybridized carbons (Fsp3) is 0.500. The molecule has 18 heavy (non-hydrogen) atoms. The van der Waals surface area contributed by atoms with Crippen LogP contribution >= 0.6 is 0 Å². The summed E-state index contributed by atoms with van der Waals surface area (Å²) in [6.07, 6.45) is 1.44. The number of carbonyl (C=O) groups excluding carboxylic acids is 1. The number of benzene rings is 1. The number of carbonyl (C=O) groups is 1. The minimum atomic E-state index is -0.304. The number of rotatable bonds is 4. The topological polar surface area (TPSA) is 44.8 Å². The molecule has 1 heterocycles. The molecule has 0 radical (unpaired) electrons. The fourth-order valence-corrected chi connectivity index (χ4v) is 2.20. The summed E-state index contributed by atoms with van der Waals surface area (Å²) in [4.78, 5) is 12.3. The Hall–Kier alpha value is -1.55. The maximum atomic E-state index is 12.3. The number of ketones is 1. The predicted molar refractivity (Wildman–Crippen MR) is 67.6 cm³/mol. The molecule has 0 saturated carbocycles. The molecule has 4 heteroatoms. The van der Waals surface area contributed by atoms with Crippen molar-refractivity contribution in [2.75, 3.05) is 20.8 Å². The maximum absolute atomic E-state index is 12.3. The van der Waals surface area contributed by atoms with Crippen LogP contribution in [0.1, 0.15) is 28.8 Å². The van der Waals surface area contributed by atoms with Crippen LogP contribution in [0, 0.1) is 6.92 Å². The molecule has 1 aromatic carbocycles. The SMILES string of the molecule is COc1cc(C)c(C(=O)C2CCCO2)cc1OC. The Kier molecular flexibility index (Phi) is 3.87. The van der Waals surface area contributed by atoms with Crippen molar-refractivity contribution in [2.24, 2.45) is 0 Å². The summed E-state index contributed by atoms with van der Waals surface area (Å²) < 4.78 is 15.9. The van der Waals surface area contributed by atoms with Crippen LogP contribution in [0.3, 0.4) is 0 Å². The Balaban J connectivity index is 2.34. The van der Waals surface area contributed by atoms with E-state index in [1.165, 1.54) is 0 Å². The van der Waals surface area contributed by atoms with E-state index in [-0.39, 0.29) is 11.9 Å². The minimum absolute atomic E-state index is 0.0333. The summed E-state index contributed by atoms with van der Waals surface area (Å²) in [6, 6.07) is 3.55. The van der Waals surface area contributed by atoms with E-state index in [0.29, 0.717) is 23.7 Å². The van der Waals surface area contributed by atoms with Gasteiger partial charge in [0.25, 0.3) is 0 Å². The molecule has 0 aliphatic carbocycles. The maximum Gasteiger partial charge on any atom is 0.191 e. The van der Waals surface area contributed by atoms with E-state index in [1.807, 2.05) is 13.0 Å². The van der Waals surface area contributed by atoms with Gasteiger partial charge in [-0.1, -0.05) is 0 Å². The van der Waals surface area contributed by atoms with Crippen LogP contribution in [0.5, 0.6) is 11.5 Å². The Morgan fingerprint density at radius 3 is 2.50 bits per heavy atom. The number of methoxy groups -OCH3 is 2. The standard InChI is InChI=1S/C14H18O4/c1-9-7-12(16-2)13(17-3)8-10(9)14(15)11-5-4-6-18-11/h7-8,11H,4-6H2,1-3H3. The molecule has 4 nitrogen and oxygen atoms in total. The van der Waals surface area contributed by atoms with Gasteiger partial charge in [-0.2, -0.15) is 0 Å². The lowest BCUT2D eigenvalue weighted by Gasteiger charge is -2.14. The molecule has 1 saturated heterocycles. The van der Waals surface area contributed by atoms with Gasteiger partial charge in [0.2, 0.25) is 0 Å². The number of ether oxygens (including phenoxy) is 3. The van der Waals surface area contributed by atoms with Gasteiger partial charge in [0, 0.05) is 12.2 Å². The third-order valence-electron chi connectivity index (χ3n) is 3.22. The van der Waals surface area contributed by atoms with Crippen molar-refractivity contribution in [3.05, 3.63) is 23.3 Å². The third-order valence-corrected chi connectivity index (χ3v) is 3.22. The molecule has 0 N–H and O–H groups in total. The van der Waals surface area contributed by atoms with Gasteiger partial charge in [-0.15, -0.1) is 0 Å². The molecule has 0 aromatic heterocycles. The summed E-state index contributed by atoms with van der Waals surface area (Å²) in [7, 11) is 3.15. The fourth-order valence-electron chi connectivity index (χ4n) is 2.20. The van der Waals surface area contributed by atoms with Crippen molar-refractivity contribution in [2.45, 2.75) is 25.9 Å². The molecule has 98 valence electrons. The van der Waals surface area contributed by atoms with Crippen molar-refractivity contribution in [3.63, 3.8) is 0 Å². The molecule has 0 bridgehead atoms. The van der Waals surface area contributed by atoms with E-state index in [9.17, 15) is 4.79 Å². The largest absolute Gasteiger partial charge is 0.493 e. The van der Waals surface area contributed by atoms with E-state index in [4.69, 9.17) is 14.2 Å². The molecule has 1 aromatic rings. The highest BCUT2D eigenvalue weighted by atomic mass is 16.5. The zero-order valence-electron chi connectivity index (χ0n) is 11.0. The Labute approximate surface area is 107 Å². The van der Waals surface area contributed by atoms with Crippen LogP contribution in [-0.4, -0.2) is 32.7 Å². The first-order valence-corrected chi connectivity index (χ1v) is 6.05. The second-order valence-corrected chi connectivity index (χ2v) is 4.39. The summed E-state index contributed by atoms with van der Waals surface area (Å²) in [5.74, 6) is 1.24. The van der Waals surface area contributed by atoms with Gasteiger partial charge in [-0.3, -0.25) is 4.79 Å². The third kappa shape index (κ3) is 2.34. The normalized spacial score (nSPS) is 18.7. The molecule has 1 atom stereocenters. The second kappa shape index (κ2) is 5.40. The van der Waals surface area contributed by atoms with Crippen LogP contribution in [0.2, 0.25) is 0 Å². The van der Waals surface area contributed by atoms with Crippen molar-refractivity contribution >= 4 is 5.78 Å². The van der Waals surface area contributed by atoms with Crippen LogP contribution in [0.25, 0.3) is 0 Å². The molecule has 0 amide bonds. The van der Waals surface area contributed by atoms with Gasteiger partial charge in [0.05, 0.1) is 14.2 Å². The molecular formula is C14H18O4. The monoisotopic (exact) mass is 250 g/mol. The van der Waals surface area contributed by atoms with Crippen molar-refractivity contribution in [3.8, 4) is 11.5 Å². The number of aryl methyl sites for hydroxylation is 1. The number of Topliss-reactive ketones (excluding diaryl/α,β-unsaturated/α-hetero) is 1. The molecule has 2 rings (SSSR count). The quantitative estimate of drug-likeness (QED) is 0.770. The first kappa shape index (κ1) is 12.9. The smallest absolute Gasteiger partial charge is 0.191 e. The van der Waals surface area contributed by atoms with Crippen LogP contribution < -0.4 is 9.47 Å². The lowest BCUT2D eigenvalue weighted by atomic mass is 9.99. The predicted octanol–water partition coefficient (Wildman–Crippen LogP) is 2.37. The first-order chi connectivity index (χ1) is 8.67. The van der Waals surface area contributed by atoms with Crippen LogP contribution in [0.4, 0.5) is 0 Å². The Bertz CT molecular complexity index is 447. The van der Waals surface area contributed by atoms with E-state index in [2.05, 4.69) is 0 Å². The molecular weight excluding hydrogens is 232 g/mol. The zero-order valence-corrected chi connectivity index (χ0v) is 11.0. The average Bonchev–Trinajstić information content (AvgIpc) is 2.91. The highest BCUT2D eigenvalue weighted by Crippen LogP contribution is 2.31. The molecule has 1 unspecified atom stereocenters. The summed E-state index contributed by atoms with van der Waals surface area (Å²) in [5, 5.41) is 0. The van der Waals surface area contributed by atoms with E-state index in [1.54, 1.807) is 20.3 Å². The molecule has 1 aliphatic heterocycles. The first-order valence-electron chi connectivity index (χ1n) is 6.05. The summed E-state index contributed by atoms with van der Waals surface area (Å²) in [5.41, 5.74) is 1.53. The number of hydrogen-bond acceptors (Lipinski definition) is 4. The lowest BCUT2D eigenvalue weighted by molar-refractivity contribution is 0.0642. The lowest BCUT2D eigenvalue weighted by Crippen LogP contribution is -2.20. The highest BCUT2D eigenvalue weighted by Gasteiger charge is 2.26. The second-order valence-electron chi connectivity index (χ2n) is 4.39. The van der Waals surface area contributed by atoms with E-state index >= 15 is 0 Å². The molecule has 1 aliphatic rings. The summed E-state index contributed by atoms with van der Waals surface area (Å²) in [6.45, 7) is 2.56. The van der Waals surface area contributed by atoms with Crippen molar-refractivity contribution in [1.82, 2.24) is 0 Å². The van der Waals surface area contributed by atoms with Crippen LogP contribution in [0.15, 0.2) is 12.1 Å². The summed E-state index contributed by atoms with van der Waals surface area (Å²) >= 11 is 0. The molecule has 1 fully saturated rings. The van der Waals surface area contributed by atoms with Gasteiger partial charge in [0.1, 0.15) is 6.10 Å². The van der Waals surface area contributed by atoms with Crippen molar-refractivity contribution < 1.29 is 19.0 Å². The highest BCUT2D eigenvalue weighted by molar-refractivity contribution is 6.01. The Morgan fingerprint density at radius 2 is 1.94 bits per heavy atom. The van der Waals surface area contributed by atoms with Gasteiger partial charge in [-0.05, 0) is 37.5 Å². The van der Waals surface area contributed by atoms with Crippen molar-refractivity contribution in [1.29, 1.82) is 0 Å². The van der Waals surface area contributed by atoms with Gasteiger partial charge in [-0.25, -0.2) is 0 Å². The average molecular weight is 250 g/mol. The van der Waals surface area contributed by atoms with Gasteiger partial charge in [0.15, 0.2) is 17.3 Å².